The molecule has 1 saturated carbocycles. The Bertz CT molecular complexity index is 864. The SMILES string of the molecule is CN1C(=O)[C@H](c2ccc(C#Cc3ccc(F)cc3)cn2)[C@H]2CCCC[C@H]21. The first-order valence-electron chi connectivity index (χ1n) is 9.14. The summed E-state index contributed by atoms with van der Waals surface area (Å²) in [6.45, 7) is 0. The highest BCUT2D eigenvalue weighted by Gasteiger charge is 2.48. The molecule has 2 fully saturated rings. The van der Waals surface area contributed by atoms with Crippen LogP contribution in [0.4, 0.5) is 4.39 Å². The van der Waals surface area contributed by atoms with Gasteiger partial charge in [0.1, 0.15) is 5.82 Å². The molecular weight excluding hydrogens is 327 g/mol. The fraction of sp³-hybridized carbons (Fsp3) is 0.364. The minimum atomic E-state index is -0.270. The molecule has 2 heterocycles. The first kappa shape index (κ1) is 16.8. The number of hydrogen-bond donors (Lipinski definition) is 0. The molecule has 0 bridgehead atoms. The number of amides is 1. The van der Waals surface area contributed by atoms with E-state index in [4.69, 9.17) is 0 Å². The molecule has 1 aliphatic heterocycles. The van der Waals surface area contributed by atoms with Gasteiger partial charge in [-0.05, 0) is 55.2 Å². The van der Waals surface area contributed by atoms with Gasteiger partial charge in [0.25, 0.3) is 0 Å². The van der Waals surface area contributed by atoms with Crippen molar-refractivity contribution in [2.45, 2.75) is 37.6 Å². The summed E-state index contributed by atoms with van der Waals surface area (Å²) in [5.41, 5.74) is 2.40. The van der Waals surface area contributed by atoms with Crippen LogP contribution in [0.1, 0.15) is 48.4 Å². The van der Waals surface area contributed by atoms with Gasteiger partial charge >= 0.3 is 0 Å². The molecule has 0 radical (unpaired) electrons. The molecule has 0 N–H and O–H groups in total. The largest absolute Gasteiger partial charge is 0.342 e. The maximum absolute atomic E-state index is 12.9. The zero-order chi connectivity index (χ0) is 18.1. The Morgan fingerprint density at radius 3 is 2.46 bits per heavy atom. The molecule has 2 aliphatic rings. The third-order valence-corrected chi connectivity index (χ3v) is 5.62. The number of carbonyl (C=O) groups is 1. The first-order valence-corrected chi connectivity index (χ1v) is 9.14. The maximum Gasteiger partial charge on any atom is 0.232 e. The van der Waals surface area contributed by atoms with E-state index in [1.807, 2.05) is 24.1 Å². The topological polar surface area (TPSA) is 33.2 Å². The summed E-state index contributed by atoms with van der Waals surface area (Å²) in [6, 6.07) is 10.3. The molecule has 1 amide bonds. The summed E-state index contributed by atoms with van der Waals surface area (Å²) in [5, 5.41) is 0. The summed E-state index contributed by atoms with van der Waals surface area (Å²) < 4.78 is 12.9. The minimum Gasteiger partial charge on any atom is -0.342 e. The van der Waals surface area contributed by atoms with Crippen LogP contribution >= 0.6 is 0 Å². The van der Waals surface area contributed by atoms with E-state index >= 15 is 0 Å². The summed E-state index contributed by atoms with van der Waals surface area (Å²) in [7, 11) is 1.92. The zero-order valence-corrected chi connectivity index (χ0v) is 14.8. The second kappa shape index (κ2) is 6.92. The molecule has 0 spiro atoms. The molecule has 4 rings (SSSR count). The molecule has 2 aromatic rings. The van der Waals surface area contributed by atoms with Crippen molar-refractivity contribution in [2.75, 3.05) is 7.05 Å². The lowest BCUT2D eigenvalue weighted by Crippen LogP contribution is -2.33. The number of likely N-dealkylation sites (tertiary alicyclic amines) is 1. The number of hydrogen-bond acceptors (Lipinski definition) is 2. The Kier molecular flexibility index (Phi) is 4.46. The van der Waals surface area contributed by atoms with Gasteiger partial charge in [-0.25, -0.2) is 4.39 Å². The number of likely N-dealkylation sites (N-methyl/N-ethyl adjacent to an activating group) is 1. The lowest BCUT2D eigenvalue weighted by atomic mass is 9.78. The molecule has 1 saturated heterocycles. The Morgan fingerprint density at radius 1 is 1.04 bits per heavy atom. The number of halogens is 1. The molecule has 0 unspecified atom stereocenters. The monoisotopic (exact) mass is 348 g/mol. The smallest absolute Gasteiger partial charge is 0.232 e. The van der Waals surface area contributed by atoms with Crippen molar-refractivity contribution in [3.63, 3.8) is 0 Å². The third-order valence-electron chi connectivity index (χ3n) is 5.62. The molecule has 26 heavy (non-hydrogen) atoms. The molecule has 132 valence electrons. The van der Waals surface area contributed by atoms with Crippen LogP contribution in [0, 0.1) is 23.6 Å². The van der Waals surface area contributed by atoms with Crippen LogP contribution in [0.15, 0.2) is 42.6 Å². The Morgan fingerprint density at radius 2 is 1.73 bits per heavy atom. The third kappa shape index (κ3) is 3.10. The Labute approximate surface area is 153 Å². The number of nitrogens with zero attached hydrogens (tertiary/aromatic N) is 2. The summed E-state index contributed by atoms with van der Waals surface area (Å²) in [6.07, 6.45) is 6.33. The fourth-order valence-corrected chi connectivity index (χ4v) is 4.26. The average Bonchev–Trinajstić information content (AvgIpc) is 2.93. The molecule has 1 aromatic heterocycles. The van der Waals surface area contributed by atoms with Crippen LogP contribution < -0.4 is 0 Å². The van der Waals surface area contributed by atoms with Crippen molar-refractivity contribution in [2.24, 2.45) is 5.92 Å². The zero-order valence-electron chi connectivity index (χ0n) is 14.8. The molecule has 3 nitrogen and oxygen atoms in total. The molecule has 1 aliphatic carbocycles. The van der Waals surface area contributed by atoms with Gasteiger partial charge < -0.3 is 4.90 Å². The highest BCUT2D eigenvalue weighted by Crippen LogP contribution is 2.44. The van der Waals surface area contributed by atoms with Crippen molar-refractivity contribution in [3.8, 4) is 11.8 Å². The number of pyridine rings is 1. The van der Waals surface area contributed by atoms with Gasteiger partial charge in [0.05, 0.1) is 11.6 Å². The number of rotatable bonds is 1. The highest BCUT2D eigenvalue weighted by molar-refractivity contribution is 5.86. The van der Waals surface area contributed by atoms with Crippen molar-refractivity contribution < 1.29 is 9.18 Å². The second-order valence-corrected chi connectivity index (χ2v) is 7.17. The van der Waals surface area contributed by atoms with Crippen molar-refractivity contribution >= 4 is 5.91 Å². The van der Waals surface area contributed by atoms with Crippen molar-refractivity contribution in [1.29, 1.82) is 0 Å². The van der Waals surface area contributed by atoms with E-state index in [1.165, 1.54) is 25.0 Å². The molecular formula is C22H21FN2O. The van der Waals surface area contributed by atoms with Crippen molar-refractivity contribution in [3.05, 3.63) is 65.2 Å². The van der Waals surface area contributed by atoms with Crippen LogP contribution in [0.5, 0.6) is 0 Å². The van der Waals surface area contributed by atoms with E-state index in [1.54, 1.807) is 18.3 Å². The average molecular weight is 348 g/mol. The van der Waals surface area contributed by atoms with E-state index in [2.05, 4.69) is 16.8 Å². The molecule has 1 aromatic carbocycles. The number of fused-ring (bicyclic) bond motifs is 1. The number of carbonyl (C=O) groups excluding carboxylic acids is 1. The van der Waals surface area contributed by atoms with Crippen LogP contribution in [-0.2, 0) is 4.79 Å². The van der Waals surface area contributed by atoms with Crippen LogP contribution in [0.2, 0.25) is 0 Å². The van der Waals surface area contributed by atoms with E-state index in [0.717, 1.165) is 29.7 Å². The van der Waals surface area contributed by atoms with Gasteiger partial charge in [-0.1, -0.05) is 24.7 Å². The van der Waals surface area contributed by atoms with Gasteiger partial charge in [0.2, 0.25) is 5.91 Å². The van der Waals surface area contributed by atoms with Gasteiger partial charge in [-0.2, -0.15) is 0 Å². The quantitative estimate of drug-likeness (QED) is 0.736. The van der Waals surface area contributed by atoms with Crippen molar-refractivity contribution in [1.82, 2.24) is 9.88 Å². The second-order valence-electron chi connectivity index (χ2n) is 7.17. The van der Waals surface area contributed by atoms with E-state index in [-0.39, 0.29) is 17.6 Å². The minimum absolute atomic E-state index is 0.121. The lowest BCUT2D eigenvalue weighted by Gasteiger charge is -2.29. The van der Waals surface area contributed by atoms with Crippen LogP contribution in [-0.4, -0.2) is 28.9 Å². The predicted octanol–water partition coefficient (Wildman–Crippen LogP) is 3.73. The highest BCUT2D eigenvalue weighted by atomic mass is 19.1. The number of benzene rings is 1. The first-order chi connectivity index (χ1) is 12.6. The standard InChI is InChI=1S/C22H21FN2O/c1-25-20-5-3-2-4-18(20)21(22(25)26)19-13-10-16(14-24-19)7-6-15-8-11-17(23)12-9-15/h8-14,18,20-21H,2-5H2,1H3/t18-,20+,21-/m0/s1. The lowest BCUT2D eigenvalue weighted by molar-refractivity contribution is -0.128. The molecule has 4 heteroatoms. The van der Waals surface area contributed by atoms with E-state index in [0.29, 0.717) is 12.0 Å². The van der Waals surface area contributed by atoms with Gasteiger partial charge in [-0.15, -0.1) is 0 Å². The number of aromatic nitrogens is 1. The fourth-order valence-electron chi connectivity index (χ4n) is 4.26. The maximum atomic E-state index is 12.9. The Balaban J connectivity index is 1.54. The van der Waals surface area contributed by atoms with Gasteiger partial charge in [-0.3, -0.25) is 9.78 Å². The normalized spacial score (nSPS) is 24.8. The van der Waals surface area contributed by atoms with E-state index < -0.39 is 0 Å². The summed E-state index contributed by atoms with van der Waals surface area (Å²) >= 11 is 0. The Hall–Kier alpha value is -2.67. The summed E-state index contributed by atoms with van der Waals surface area (Å²) in [5.74, 6) is 6.23. The predicted molar refractivity (Wildman–Crippen MR) is 97.9 cm³/mol. The van der Waals surface area contributed by atoms with Gasteiger partial charge in [0.15, 0.2) is 0 Å². The summed E-state index contributed by atoms with van der Waals surface area (Å²) in [4.78, 5) is 19.2. The van der Waals surface area contributed by atoms with Crippen LogP contribution in [0.3, 0.4) is 0 Å². The van der Waals surface area contributed by atoms with Gasteiger partial charge in [0, 0.05) is 30.4 Å². The molecule has 3 atom stereocenters. The van der Waals surface area contributed by atoms with Crippen LogP contribution in [0.25, 0.3) is 0 Å². The van der Waals surface area contributed by atoms with E-state index in [9.17, 15) is 9.18 Å².